The zero-order valence-electron chi connectivity index (χ0n) is 9.63. The molecule has 2 rings (SSSR count). The summed E-state index contributed by atoms with van der Waals surface area (Å²) in [6, 6.07) is 12.5. The highest BCUT2D eigenvalue weighted by Crippen LogP contribution is 2.30. The molecule has 0 aliphatic carbocycles. The second-order valence-electron chi connectivity index (χ2n) is 3.92. The third kappa shape index (κ3) is 3.34. The molecule has 0 spiro atoms. The van der Waals surface area contributed by atoms with E-state index in [0.717, 1.165) is 22.6 Å². The van der Waals surface area contributed by atoms with Crippen LogP contribution in [0, 0.1) is 21.0 Å². The molecule has 0 saturated carbocycles. The Morgan fingerprint density at radius 3 is 1.59 bits per heavy atom. The van der Waals surface area contributed by atoms with Gasteiger partial charge in [-0.05, 0) is 94.4 Å². The van der Waals surface area contributed by atoms with Gasteiger partial charge >= 0.3 is 0 Å². The fourth-order valence-corrected chi connectivity index (χ4v) is 2.41. The van der Waals surface area contributed by atoms with Gasteiger partial charge in [0, 0.05) is 7.14 Å². The van der Waals surface area contributed by atoms with Crippen LogP contribution in [0.15, 0.2) is 36.4 Å². The van der Waals surface area contributed by atoms with E-state index in [0.29, 0.717) is 0 Å². The average molecular weight is 450 g/mol. The second-order valence-corrected chi connectivity index (χ2v) is 6.41. The standard InChI is InChI=1S/C14H12I2O/c1-9-3-5-11(15)7-13(9)17-14-8-12(16)6-4-10(14)2/h3-8H,1-2H3. The maximum absolute atomic E-state index is 5.99. The third-order valence-electron chi connectivity index (χ3n) is 2.52. The van der Waals surface area contributed by atoms with Gasteiger partial charge in [0.1, 0.15) is 11.5 Å². The van der Waals surface area contributed by atoms with Gasteiger partial charge in [-0.25, -0.2) is 0 Å². The summed E-state index contributed by atoms with van der Waals surface area (Å²) >= 11 is 4.60. The summed E-state index contributed by atoms with van der Waals surface area (Å²) in [4.78, 5) is 0. The van der Waals surface area contributed by atoms with Crippen LogP contribution in [0.1, 0.15) is 11.1 Å². The number of hydrogen-bond donors (Lipinski definition) is 0. The summed E-state index contributed by atoms with van der Waals surface area (Å²) in [6.45, 7) is 4.13. The molecule has 0 unspecified atom stereocenters. The highest BCUT2D eigenvalue weighted by Gasteiger charge is 2.05. The summed E-state index contributed by atoms with van der Waals surface area (Å²) in [5.41, 5.74) is 2.31. The maximum Gasteiger partial charge on any atom is 0.131 e. The van der Waals surface area contributed by atoms with Crippen LogP contribution >= 0.6 is 45.2 Å². The number of ether oxygens (including phenoxy) is 1. The zero-order valence-corrected chi connectivity index (χ0v) is 13.9. The molecule has 0 saturated heterocycles. The molecule has 0 radical (unpaired) electrons. The van der Waals surface area contributed by atoms with E-state index < -0.39 is 0 Å². The third-order valence-corrected chi connectivity index (χ3v) is 3.86. The van der Waals surface area contributed by atoms with Crippen molar-refractivity contribution in [2.45, 2.75) is 13.8 Å². The van der Waals surface area contributed by atoms with Crippen molar-refractivity contribution in [3.05, 3.63) is 54.7 Å². The van der Waals surface area contributed by atoms with Crippen molar-refractivity contribution in [2.75, 3.05) is 0 Å². The van der Waals surface area contributed by atoms with Crippen LogP contribution in [0.4, 0.5) is 0 Å². The Morgan fingerprint density at radius 1 is 0.765 bits per heavy atom. The Labute approximate surface area is 129 Å². The SMILES string of the molecule is Cc1ccc(I)cc1Oc1cc(I)ccc1C. The second kappa shape index (κ2) is 5.56. The van der Waals surface area contributed by atoms with E-state index in [1.165, 1.54) is 7.14 Å². The molecular weight excluding hydrogens is 438 g/mol. The first-order valence-corrected chi connectivity index (χ1v) is 7.42. The minimum Gasteiger partial charge on any atom is -0.457 e. The average Bonchev–Trinajstić information content (AvgIpc) is 2.28. The van der Waals surface area contributed by atoms with Crippen LogP contribution in [0.2, 0.25) is 0 Å². The van der Waals surface area contributed by atoms with E-state index in [2.05, 4.69) is 95.4 Å². The fraction of sp³-hybridized carbons (Fsp3) is 0.143. The highest BCUT2D eigenvalue weighted by atomic mass is 127. The molecule has 0 amide bonds. The quantitative estimate of drug-likeness (QED) is 0.565. The summed E-state index contributed by atoms with van der Waals surface area (Å²) < 4.78 is 8.37. The molecule has 0 fully saturated rings. The van der Waals surface area contributed by atoms with Crippen LogP contribution in [0.5, 0.6) is 11.5 Å². The van der Waals surface area contributed by atoms with Crippen molar-refractivity contribution < 1.29 is 4.74 Å². The number of aryl methyl sites for hydroxylation is 2. The summed E-state index contributed by atoms with van der Waals surface area (Å²) in [6.07, 6.45) is 0. The highest BCUT2D eigenvalue weighted by molar-refractivity contribution is 14.1. The van der Waals surface area contributed by atoms with Gasteiger partial charge in [-0.15, -0.1) is 0 Å². The topological polar surface area (TPSA) is 9.23 Å². The van der Waals surface area contributed by atoms with Crippen molar-refractivity contribution >= 4 is 45.2 Å². The molecule has 0 heterocycles. The van der Waals surface area contributed by atoms with E-state index in [-0.39, 0.29) is 0 Å². The Kier molecular flexibility index (Phi) is 4.30. The van der Waals surface area contributed by atoms with E-state index in [1.807, 2.05) is 0 Å². The molecule has 2 aromatic rings. The number of halogens is 2. The molecule has 0 N–H and O–H groups in total. The molecule has 0 aromatic heterocycles. The van der Waals surface area contributed by atoms with Crippen molar-refractivity contribution in [3.8, 4) is 11.5 Å². The van der Waals surface area contributed by atoms with Crippen molar-refractivity contribution in [2.24, 2.45) is 0 Å². The maximum atomic E-state index is 5.99. The summed E-state index contributed by atoms with van der Waals surface area (Å²) in [7, 11) is 0. The lowest BCUT2D eigenvalue weighted by atomic mass is 10.2. The van der Waals surface area contributed by atoms with Gasteiger partial charge in [-0.2, -0.15) is 0 Å². The minimum absolute atomic E-state index is 0.932. The van der Waals surface area contributed by atoms with E-state index in [4.69, 9.17) is 4.74 Å². The van der Waals surface area contributed by atoms with E-state index in [1.54, 1.807) is 0 Å². The molecule has 2 aromatic carbocycles. The number of hydrogen-bond acceptors (Lipinski definition) is 1. The van der Waals surface area contributed by atoms with Gasteiger partial charge in [0.2, 0.25) is 0 Å². The van der Waals surface area contributed by atoms with Crippen LogP contribution < -0.4 is 4.74 Å². The van der Waals surface area contributed by atoms with Gasteiger partial charge in [0.25, 0.3) is 0 Å². The van der Waals surface area contributed by atoms with Gasteiger partial charge in [0.15, 0.2) is 0 Å². The Hall–Kier alpha value is -0.300. The van der Waals surface area contributed by atoms with Gasteiger partial charge in [-0.1, -0.05) is 12.1 Å². The molecule has 0 aliphatic rings. The summed E-state index contributed by atoms with van der Waals surface area (Å²) in [5, 5.41) is 0. The molecule has 17 heavy (non-hydrogen) atoms. The Morgan fingerprint density at radius 2 is 1.18 bits per heavy atom. The predicted octanol–water partition coefficient (Wildman–Crippen LogP) is 5.30. The van der Waals surface area contributed by atoms with Crippen molar-refractivity contribution in [3.63, 3.8) is 0 Å². The Balaban J connectivity index is 2.37. The zero-order chi connectivity index (χ0) is 12.4. The van der Waals surface area contributed by atoms with Gasteiger partial charge in [-0.3, -0.25) is 0 Å². The van der Waals surface area contributed by atoms with E-state index in [9.17, 15) is 0 Å². The minimum atomic E-state index is 0.932. The molecular formula is C14H12I2O. The number of benzene rings is 2. The van der Waals surface area contributed by atoms with Gasteiger partial charge < -0.3 is 4.74 Å². The summed E-state index contributed by atoms with van der Waals surface area (Å²) in [5.74, 6) is 1.86. The molecule has 3 heteroatoms. The van der Waals surface area contributed by atoms with E-state index >= 15 is 0 Å². The van der Waals surface area contributed by atoms with Crippen molar-refractivity contribution in [1.82, 2.24) is 0 Å². The molecule has 0 atom stereocenters. The lowest BCUT2D eigenvalue weighted by Crippen LogP contribution is -1.91. The van der Waals surface area contributed by atoms with Gasteiger partial charge in [0.05, 0.1) is 0 Å². The molecule has 0 bridgehead atoms. The van der Waals surface area contributed by atoms with Crippen LogP contribution in [-0.4, -0.2) is 0 Å². The molecule has 1 nitrogen and oxygen atoms in total. The fourth-order valence-electron chi connectivity index (χ4n) is 1.49. The Bertz CT molecular complexity index is 500. The predicted molar refractivity (Wildman–Crippen MR) is 87.9 cm³/mol. The van der Waals surface area contributed by atoms with Crippen LogP contribution in [-0.2, 0) is 0 Å². The normalized spacial score (nSPS) is 10.4. The largest absolute Gasteiger partial charge is 0.457 e. The first-order chi connectivity index (χ1) is 8.06. The molecule has 88 valence electrons. The number of rotatable bonds is 2. The monoisotopic (exact) mass is 450 g/mol. The first-order valence-electron chi connectivity index (χ1n) is 5.26. The molecule has 0 aliphatic heterocycles. The lowest BCUT2D eigenvalue weighted by Gasteiger charge is -2.11. The lowest BCUT2D eigenvalue weighted by molar-refractivity contribution is 0.474. The smallest absolute Gasteiger partial charge is 0.131 e. The van der Waals surface area contributed by atoms with Crippen LogP contribution in [0.3, 0.4) is 0 Å². The van der Waals surface area contributed by atoms with Crippen LogP contribution in [0.25, 0.3) is 0 Å². The first kappa shape index (κ1) is 13.1. The van der Waals surface area contributed by atoms with Crippen molar-refractivity contribution in [1.29, 1.82) is 0 Å².